The van der Waals surface area contributed by atoms with E-state index < -0.39 is 15.3 Å². The topological polar surface area (TPSA) is 81.8 Å². The van der Waals surface area contributed by atoms with E-state index in [1.54, 1.807) is 0 Å². The predicted molar refractivity (Wildman–Crippen MR) is 135 cm³/mol. The molecular formula is C25H42N4O3S. The van der Waals surface area contributed by atoms with Crippen LogP contribution in [0.25, 0.3) is 0 Å². The lowest BCUT2D eigenvalue weighted by molar-refractivity contribution is -0.115. The van der Waals surface area contributed by atoms with Gasteiger partial charge in [0.2, 0.25) is 15.9 Å². The van der Waals surface area contributed by atoms with Gasteiger partial charge in [-0.3, -0.25) is 9.69 Å². The summed E-state index contributed by atoms with van der Waals surface area (Å²) < 4.78 is 28.5. The minimum Gasteiger partial charge on any atom is -0.324 e. The minimum absolute atomic E-state index is 0.238. The number of carbonyl (C=O) groups is 1. The molecule has 0 aromatic heterocycles. The Labute approximate surface area is 200 Å². The number of nitrogens with one attached hydrogen (secondary N) is 2. The van der Waals surface area contributed by atoms with Crippen LogP contribution in [0.1, 0.15) is 76.8 Å². The van der Waals surface area contributed by atoms with Crippen LogP contribution in [0.2, 0.25) is 0 Å². The standard InChI is InChI=1S/C25H42N4O3S/c1-6-28-13-10-20(11-14-28)29-15-12-21(17-29)33(31,32)26-16-24(30)27-25-22(18(2)3)8-7-9-23(25)19(4)5/h7-9,18-21,26H,6,10-17H2,1-5H3,(H,27,30). The van der Waals surface area contributed by atoms with Crippen LogP contribution in [0.5, 0.6) is 0 Å². The Balaban J connectivity index is 1.56. The van der Waals surface area contributed by atoms with Crippen molar-refractivity contribution in [2.75, 3.05) is 44.6 Å². The molecule has 2 N–H and O–H groups in total. The summed E-state index contributed by atoms with van der Waals surface area (Å²) in [5.74, 6) is 0.184. The molecule has 0 radical (unpaired) electrons. The van der Waals surface area contributed by atoms with Gasteiger partial charge in [0.15, 0.2) is 0 Å². The molecule has 2 aliphatic heterocycles. The molecule has 2 aliphatic rings. The van der Waals surface area contributed by atoms with Gasteiger partial charge in [-0.2, -0.15) is 0 Å². The summed E-state index contributed by atoms with van der Waals surface area (Å²) in [4.78, 5) is 17.5. The van der Waals surface area contributed by atoms with Crippen molar-refractivity contribution in [3.05, 3.63) is 29.3 Å². The van der Waals surface area contributed by atoms with Gasteiger partial charge in [-0.15, -0.1) is 0 Å². The van der Waals surface area contributed by atoms with E-state index in [0.717, 1.165) is 55.8 Å². The molecule has 8 heteroatoms. The van der Waals surface area contributed by atoms with E-state index in [4.69, 9.17) is 0 Å². The zero-order chi connectivity index (χ0) is 24.2. The third kappa shape index (κ3) is 6.56. The number of rotatable bonds is 9. The summed E-state index contributed by atoms with van der Waals surface area (Å²) in [6, 6.07) is 6.53. The number of sulfonamides is 1. The minimum atomic E-state index is -3.55. The van der Waals surface area contributed by atoms with Crippen LogP contribution in [-0.4, -0.2) is 74.7 Å². The fraction of sp³-hybridized carbons (Fsp3) is 0.720. The van der Waals surface area contributed by atoms with Crippen LogP contribution in [-0.2, 0) is 14.8 Å². The Morgan fingerprint density at radius 1 is 1.03 bits per heavy atom. The maximum atomic E-state index is 12.9. The van der Waals surface area contributed by atoms with Crippen molar-refractivity contribution in [3.8, 4) is 0 Å². The van der Waals surface area contributed by atoms with Gasteiger partial charge in [0.25, 0.3) is 0 Å². The van der Waals surface area contributed by atoms with Gasteiger partial charge < -0.3 is 10.2 Å². The molecule has 1 unspecified atom stereocenters. The Hall–Kier alpha value is -1.48. The molecule has 7 nitrogen and oxygen atoms in total. The first-order valence-corrected chi connectivity index (χ1v) is 14.0. The summed E-state index contributed by atoms with van der Waals surface area (Å²) in [5, 5.41) is 2.54. The lowest BCUT2D eigenvalue weighted by Gasteiger charge is -2.36. The van der Waals surface area contributed by atoms with Crippen molar-refractivity contribution in [2.45, 2.75) is 77.0 Å². The van der Waals surface area contributed by atoms with E-state index >= 15 is 0 Å². The molecule has 2 heterocycles. The van der Waals surface area contributed by atoms with E-state index in [9.17, 15) is 13.2 Å². The number of hydrogen-bond acceptors (Lipinski definition) is 5. The van der Waals surface area contributed by atoms with Crippen molar-refractivity contribution in [1.29, 1.82) is 0 Å². The Kier molecular flexibility index (Phi) is 8.95. The van der Waals surface area contributed by atoms with Crippen molar-refractivity contribution < 1.29 is 13.2 Å². The third-order valence-electron chi connectivity index (χ3n) is 7.21. The van der Waals surface area contributed by atoms with Crippen LogP contribution in [0.15, 0.2) is 18.2 Å². The second-order valence-corrected chi connectivity index (χ2v) is 12.2. The van der Waals surface area contributed by atoms with E-state index in [1.807, 2.05) is 18.2 Å². The molecule has 1 aromatic carbocycles. The number of carbonyl (C=O) groups excluding carboxylic acids is 1. The number of nitrogens with zero attached hydrogens (tertiary/aromatic N) is 2. The van der Waals surface area contributed by atoms with E-state index in [0.29, 0.717) is 19.0 Å². The highest BCUT2D eigenvalue weighted by molar-refractivity contribution is 7.90. The monoisotopic (exact) mass is 478 g/mol. The normalized spacial score (nSPS) is 21.2. The number of amides is 1. The van der Waals surface area contributed by atoms with Gasteiger partial charge in [0.05, 0.1) is 11.8 Å². The zero-order valence-electron chi connectivity index (χ0n) is 20.9. The average molecular weight is 479 g/mol. The number of anilines is 1. The highest BCUT2D eigenvalue weighted by Gasteiger charge is 2.37. The maximum Gasteiger partial charge on any atom is 0.239 e. The first kappa shape index (κ1) is 26.1. The SMILES string of the molecule is CCN1CCC(N2CCC(S(=O)(=O)NCC(=O)Nc3c(C(C)C)cccc3C(C)C)C2)CC1. The van der Waals surface area contributed by atoms with Gasteiger partial charge >= 0.3 is 0 Å². The van der Waals surface area contributed by atoms with Gasteiger partial charge in [0, 0.05) is 18.3 Å². The van der Waals surface area contributed by atoms with Crippen LogP contribution in [0, 0.1) is 0 Å². The Bertz CT molecular complexity index is 882. The summed E-state index contributed by atoms with van der Waals surface area (Å²) in [6.07, 6.45) is 2.83. The zero-order valence-corrected chi connectivity index (χ0v) is 21.7. The third-order valence-corrected chi connectivity index (χ3v) is 9.02. The highest BCUT2D eigenvalue weighted by Crippen LogP contribution is 2.32. The van der Waals surface area contributed by atoms with Crippen LogP contribution in [0.3, 0.4) is 0 Å². The van der Waals surface area contributed by atoms with Crippen molar-refractivity contribution >= 4 is 21.6 Å². The van der Waals surface area contributed by atoms with E-state index in [2.05, 4.69) is 54.5 Å². The number of hydrogen-bond donors (Lipinski definition) is 2. The van der Waals surface area contributed by atoms with Crippen LogP contribution < -0.4 is 10.0 Å². The summed E-state index contributed by atoms with van der Waals surface area (Å²) in [7, 11) is -3.55. The van der Waals surface area contributed by atoms with Crippen LogP contribution >= 0.6 is 0 Å². The molecule has 1 atom stereocenters. The second kappa shape index (κ2) is 11.3. The summed E-state index contributed by atoms with van der Waals surface area (Å²) >= 11 is 0. The van der Waals surface area contributed by atoms with Crippen molar-refractivity contribution in [3.63, 3.8) is 0 Å². The molecule has 1 aromatic rings. The Morgan fingerprint density at radius 2 is 1.64 bits per heavy atom. The summed E-state index contributed by atoms with van der Waals surface area (Å²) in [5.41, 5.74) is 2.95. The van der Waals surface area contributed by atoms with Gasteiger partial charge in [-0.1, -0.05) is 52.8 Å². The molecule has 2 saturated heterocycles. The number of piperidine rings is 1. The second-order valence-electron chi connectivity index (χ2n) is 10.1. The number of likely N-dealkylation sites (tertiary alicyclic amines) is 2. The van der Waals surface area contributed by atoms with E-state index in [-0.39, 0.29) is 24.3 Å². The molecule has 0 saturated carbocycles. The lowest BCUT2D eigenvalue weighted by atomic mass is 9.92. The average Bonchev–Trinajstić information content (AvgIpc) is 3.29. The van der Waals surface area contributed by atoms with Crippen molar-refractivity contribution in [1.82, 2.24) is 14.5 Å². The Morgan fingerprint density at radius 3 is 2.18 bits per heavy atom. The lowest BCUT2D eigenvalue weighted by Crippen LogP contribution is -2.45. The molecule has 1 amide bonds. The molecule has 0 aliphatic carbocycles. The maximum absolute atomic E-state index is 12.9. The van der Waals surface area contributed by atoms with Gasteiger partial charge in [-0.05, 0) is 68.4 Å². The van der Waals surface area contributed by atoms with Crippen molar-refractivity contribution in [2.24, 2.45) is 0 Å². The van der Waals surface area contributed by atoms with Gasteiger partial charge in [-0.25, -0.2) is 13.1 Å². The molecule has 0 spiro atoms. The molecule has 33 heavy (non-hydrogen) atoms. The largest absolute Gasteiger partial charge is 0.324 e. The van der Waals surface area contributed by atoms with Crippen LogP contribution in [0.4, 0.5) is 5.69 Å². The predicted octanol–water partition coefficient (Wildman–Crippen LogP) is 3.35. The molecule has 3 rings (SSSR count). The fourth-order valence-electron chi connectivity index (χ4n) is 5.10. The highest BCUT2D eigenvalue weighted by atomic mass is 32.2. The molecule has 2 fully saturated rings. The van der Waals surface area contributed by atoms with E-state index in [1.165, 1.54) is 0 Å². The quantitative estimate of drug-likeness (QED) is 0.569. The number of para-hydroxylation sites is 1. The first-order chi connectivity index (χ1) is 15.6. The molecule has 0 bridgehead atoms. The number of benzene rings is 1. The first-order valence-electron chi connectivity index (χ1n) is 12.5. The fourth-order valence-corrected chi connectivity index (χ4v) is 6.47. The molecular weight excluding hydrogens is 436 g/mol. The van der Waals surface area contributed by atoms with Gasteiger partial charge in [0.1, 0.15) is 0 Å². The molecule has 186 valence electrons. The summed E-state index contributed by atoms with van der Waals surface area (Å²) in [6.45, 7) is 14.9. The smallest absolute Gasteiger partial charge is 0.239 e.